The van der Waals surface area contributed by atoms with Crippen molar-refractivity contribution in [1.29, 1.82) is 0 Å². The van der Waals surface area contributed by atoms with Gasteiger partial charge >= 0.3 is 6.09 Å². The number of hydrogen-bond donors (Lipinski definition) is 1. The zero-order valence-corrected chi connectivity index (χ0v) is 21.2. The monoisotopic (exact) mass is 479 g/mol. The Balaban J connectivity index is 1.43. The lowest BCUT2D eigenvalue weighted by atomic mass is 10.1. The molecule has 0 aliphatic heterocycles. The second kappa shape index (κ2) is 10.9. The summed E-state index contributed by atoms with van der Waals surface area (Å²) in [5.41, 5.74) is 2.64. The van der Waals surface area contributed by atoms with E-state index in [-0.39, 0.29) is 6.04 Å². The minimum atomic E-state index is -1.14. The van der Waals surface area contributed by atoms with Gasteiger partial charge in [-0.25, -0.2) is 14.5 Å². The molecule has 1 aliphatic rings. The molecule has 1 aromatic carbocycles. The van der Waals surface area contributed by atoms with Crippen LogP contribution in [-0.2, 0) is 11.5 Å². The maximum Gasteiger partial charge on any atom is 0.412 e. The minimum Gasteiger partial charge on any atom is -0.410 e. The molecule has 34 heavy (non-hydrogen) atoms. The fourth-order valence-electron chi connectivity index (χ4n) is 3.94. The average molecular weight is 480 g/mol. The SMILES string of the molecule is C[Si](C)(C)CCOCn1ncnc1-c1cncc(-c2cccc(OC(=O)NC3CCCC3)c2)c1. The average Bonchev–Trinajstić information content (AvgIpc) is 3.48. The van der Waals surface area contributed by atoms with E-state index in [2.05, 4.69) is 40.0 Å². The van der Waals surface area contributed by atoms with Crippen molar-refractivity contribution < 1.29 is 14.3 Å². The van der Waals surface area contributed by atoms with E-state index < -0.39 is 14.2 Å². The molecule has 0 saturated heterocycles. The van der Waals surface area contributed by atoms with Crippen LogP contribution in [0.1, 0.15) is 25.7 Å². The van der Waals surface area contributed by atoms with Crippen LogP contribution >= 0.6 is 0 Å². The van der Waals surface area contributed by atoms with Crippen molar-refractivity contribution >= 4 is 14.2 Å². The fraction of sp³-hybridized carbons (Fsp3) is 0.440. The van der Waals surface area contributed by atoms with Crippen LogP contribution in [-0.4, -0.2) is 46.6 Å². The molecule has 1 amide bonds. The quantitative estimate of drug-likeness (QED) is 0.329. The van der Waals surface area contributed by atoms with Gasteiger partial charge < -0.3 is 14.8 Å². The molecule has 180 valence electrons. The van der Waals surface area contributed by atoms with Gasteiger partial charge in [-0.15, -0.1) is 0 Å². The first kappa shape index (κ1) is 24.1. The van der Waals surface area contributed by atoms with Crippen LogP contribution in [0.25, 0.3) is 22.5 Å². The van der Waals surface area contributed by atoms with E-state index in [1.807, 2.05) is 24.3 Å². The van der Waals surface area contributed by atoms with Crippen LogP contribution < -0.4 is 10.1 Å². The van der Waals surface area contributed by atoms with Crippen molar-refractivity contribution in [2.45, 2.75) is 64.1 Å². The molecule has 2 heterocycles. The highest BCUT2D eigenvalue weighted by atomic mass is 28.3. The molecule has 0 spiro atoms. The van der Waals surface area contributed by atoms with Crippen LogP contribution in [0.3, 0.4) is 0 Å². The van der Waals surface area contributed by atoms with Gasteiger partial charge in [0.1, 0.15) is 18.8 Å². The molecule has 4 rings (SSSR count). The van der Waals surface area contributed by atoms with Gasteiger partial charge in [-0.05, 0) is 42.6 Å². The highest BCUT2D eigenvalue weighted by Gasteiger charge is 2.18. The summed E-state index contributed by atoms with van der Waals surface area (Å²) < 4.78 is 13.1. The molecule has 3 aromatic rings. The normalized spacial score (nSPS) is 14.3. The molecule has 2 aromatic heterocycles. The summed E-state index contributed by atoms with van der Waals surface area (Å²) in [7, 11) is -1.14. The third kappa shape index (κ3) is 6.74. The molecule has 9 heteroatoms. The van der Waals surface area contributed by atoms with Crippen LogP contribution in [0.5, 0.6) is 5.75 Å². The number of nitrogens with one attached hydrogen (secondary N) is 1. The lowest BCUT2D eigenvalue weighted by Crippen LogP contribution is -2.34. The molecular formula is C25H33N5O3Si. The van der Waals surface area contributed by atoms with Crippen LogP contribution in [0.15, 0.2) is 49.1 Å². The van der Waals surface area contributed by atoms with Crippen LogP contribution in [0.4, 0.5) is 4.79 Å². The fourth-order valence-corrected chi connectivity index (χ4v) is 4.70. The number of hydrogen-bond acceptors (Lipinski definition) is 6. The van der Waals surface area contributed by atoms with Crippen molar-refractivity contribution in [3.05, 3.63) is 49.1 Å². The molecule has 0 bridgehead atoms. The van der Waals surface area contributed by atoms with Gasteiger partial charge in [-0.1, -0.05) is 44.6 Å². The van der Waals surface area contributed by atoms with Crippen molar-refractivity contribution in [2.24, 2.45) is 0 Å². The zero-order chi connectivity index (χ0) is 24.0. The Morgan fingerprint density at radius 2 is 1.91 bits per heavy atom. The molecule has 0 radical (unpaired) electrons. The van der Waals surface area contributed by atoms with Gasteiger partial charge in [0.2, 0.25) is 0 Å². The highest BCUT2D eigenvalue weighted by Crippen LogP contribution is 2.27. The largest absolute Gasteiger partial charge is 0.412 e. The van der Waals surface area contributed by atoms with E-state index >= 15 is 0 Å². The summed E-state index contributed by atoms with van der Waals surface area (Å²) in [6.45, 7) is 8.06. The molecule has 1 N–H and O–H groups in total. The Morgan fingerprint density at radius 1 is 1.12 bits per heavy atom. The zero-order valence-electron chi connectivity index (χ0n) is 20.2. The van der Waals surface area contributed by atoms with Crippen molar-refractivity contribution in [1.82, 2.24) is 25.1 Å². The lowest BCUT2D eigenvalue weighted by Gasteiger charge is -2.15. The Kier molecular flexibility index (Phi) is 7.74. The topological polar surface area (TPSA) is 91.2 Å². The smallest absolute Gasteiger partial charge is 0.410 e. The summed E-state index contributed by atoms with van der Waals surface area (Å²) in [5.74, 6) is 1.20. The number of carbonyl (C=O) groups excluding carboxylic acids is 1. The second-order valence-electron chi connectivity index (χ2n) is 9.94. The summed E-state index contributed by atoms with van der Waals surface area (Å²) in [5, 5.41) is 7.27. The predicted octanol–water partition coefficient (Wildman–Crippen LogP) is 5.35. The molecule has 1 fully saturated rings. The predicted molar refractivity (Wildman–Crippen MR) is 134 cm³/mol. The van der Waals surface area contributed by atoms with E-state index in [0.717, 1.165) is 48.4 Å². The van der Waals surface area contributed by atoms with E-state index in [1.54, 1.807) is 23.1 Å². The van der Waals surface area contributed by atoms with Crippen LogP contribution in [0, 0.1) is 0 Å². The van der Waals surface area contributed by atoms with Crippen molar-refractivity contribution in [2.75, 3.05) is 6.61 Å². The standard InChI is InChI=1S/C25H33N5O3Si/c1-34(2,3)12-11-32-18-30-24(27-17-28-30)21-13-20(15-26-16-21)19-7-6-10-23(14-19)33-25(31)29-22-8-4-5-9-22/h6-7,10,13-17,22H,4-5,8-9,11-12,18H2,1-3H3,(H,29,31). The Hall–Kier alpha value is -3.04. The molecule has 1 saturated carbocycles. The second-order valence-corrected chi connectivity index (χ2v) is 15.6. The maximum absolute atomic E-state index is 12.3. The number of ether oxygens (including phenoxy) is 2. The summed E-state index contributed by atoms with van der Waals surface area (Å²) in [4.78, 5) is 21.1. The third-order valence-corrected chi connectivity index (χ3v) is 7.58. The number of benzene rings is 1. The number of pyridine rings is 1. The third-order valence-electron chi connectivity index (χ3n) is 5.88. The van der Waals surface area contributed by atoms with E-state index in [1.165, 1.54) is 6.33 Å². The molecular weight excluding hydrogens is 446 g/mol. The summed E-state index contributed by atoms with van der Waals surface area (Å²) in [6, 6.07) is 10.8. The van der Waals surface area contributed by atoms with E-state index in [0.29, 0.717) is 24.9 Å². The summed E-state index contributed by atoms with van der Waals surface area (Å²) in [6.07, 6.45) is 9.01. The first-order valence-electron chi connectivity index (χ1n) is 11.9. The Morgan fingerprint density at radius 3 is 2.71 bits per heavy atom. The summed E-state index contributed by atoms with van der Waals surface area (Å²) >= 11 is 0. The van der Waals surface area contributed by atoms with Gasteiger partial charge in [-0.3, -0.25) is 4.98 Å². The molecule has 0 unspecified atom stereocenters. The number of nitrogens with zero attached hydrogens (tertiary/aromatic N) is 4. The van der Waals surface area contributed by atoms with Gasteiger partial charge in [0.25, 0.3) is 0 Å². The maximum atomic E-state index is 12.3. The van der Waals surface area contributed by atoms with Gasteiger partial charge in [0.05, 0.1) is 0 Å². The van der Waals surface area contributed by atoms with Gasteiger partial charge in [-0.2, -0.15) is 5.10 Å². The first-order chi connectivity index (χ1) is 16.4. The van der Waals surface area contributed by atoms with Gasteiger partial charge in [0.15, 0.2) is 5.82 Å². The van der Waals surface area contributed by atoms with Crippen molar-refractivity contribution in [3.63, 3.8) is 0 Å². The molecule has 0 atom stereocenters. The first-order valence-corrected chi connectivity index (χ1v) is 15.6. The van der Waals surface area contributed by atoms with Crippen LogP contribution in [0.2, 0.25) is 25.7 Å². The van der Waals surface area contributed by atoms with Crippen molar-refractivity contribution in [3.8, 4) is 28.3 Å². The molecule has 1 aliphatic carbocycles. The Bertz CT molecular complexity index is 1110. The Labute approximate surface area is 201 Å². The number of rotatable bonds is 9. The number of carbonyl (C=O) groups is 1. The number of amides is 1. The minimum absolute atomic E-state index is 0.216. The van der Waals surface area contributed by atoms with E-state index in [4.69, 9.17) is 9.47 Å². The van der Waals surface area contributed by atoms with Gasteiger partial charge in [0, 0.05) is 44.2 Å². The lowest BCUT2D eigenvalue weighted by molar-refractivity contribution is 0.0796. The highest BCUT2D eigenvalue weighted by molar-refractivity contribution is 6.76. The molecule has 8 nitrogen and oxygen atoms in total. The number of aromatic nitrogens is 4. The van der Waals surface area contributed by atoms with E-state index in [9.17, 15) is 4.79 Å².